The Hall–Kier alpha value is -3.52. The molecule has 0 spiro atoms. The maximum atomic E-state index is 15.3. The van der Waals surface area contributed by atoms with E-state index in [4.69, 9.17) is 16.3 Å². The molecule has 0 atom stereocenters. The molecule has 1 amide bonds. The smallest absolute Gasteiger partial charge is 0.373 e. The number of hydrogen-bond donors (Lipinski definition) is 2. The van der Waals surface area contributed by atoms with E-state index in [-0.39, 0.29) is 36.6 Å². The lowest BCUT2D eigenvalue weighted by molar-refractivity contribution is -0.141. The number of amides is 1. The van der Waals surface area contributed by atoms with Crippen LogP contribution in [0, 0.1) is 17.6 Å². The highest BCUT2D eigenvalue weighted by atomic mass is 35.5. The number of benzene rings is 2. The SMILES string of the molecule is O=c1cc(C(F)(F)F)nc(-c2c(C(F)(F)F)ccc(CNC(=O)[C@H]3C[C@H](OCc4ccc(F)cc4Cl)C3)c2F)[nH]1. The maximum Gasteiger partial charge on any atom is 0.433 e. The Labute approximate surface area is 225 Å². The van der Waals surface area contributed by atoms with Gasteiger partial charge >= 0.3 is 12.4 Å². The molecule has 15 heteroatoms. The average molecular weight is 596 g/mol. The number of ether oxygens (including phenoxy) is 1. The summed E-state index contributed by atoms with van der Waals surface area (Å²) in [4.78, 5) is 28.9. The topological polar surface area (TPSA) is 84.1 Å². The largest absolute Gasteiger partial charge is 0.433 e. The normalized spacial score (nSPS) is 17.4. The number of carbonyl (C=O) groups is 1. The fraction of sp³-hybridized carbons (Fsp3) is 0.320. The van der Waals surface area contributed by atoms with Gasteiger partial charge in [-0.3, -0.25) is 9.59 Å². The Morgan fingerprint density at radius 1 is 1.02 bits per heavy atom. The van der Waals surface area contributed by atoms with Crippen LogP contribution in [0.15, 0.2) is 41.2 Å². The first-order valence-electron chi connectivity index (χ1n) is 11.5. The van der Waals surface area contributed by atoms with Gasteiger partial charge in [0, 0.05) is 29.1 Å². The molecule has 2 aromatic carbocycles. The van der Waals surface area contributed by atoms with Crippen molar-refractivity contribution in [3.05, 3.63) is 85.8 Å². The van der Waals surface area contributed by atoms with Crippen LogP contribution in [-0.2, 0) is 35.0 Å². The molecule has 0 aliphatic heterocycles. The van der Waals surface area contributed by atoms with Crippen molar-refractivity contribution >= 4 is 17.5 Å². The fourth-order valence-corrected chi connectivity index (χ4v) is 4.26. The number of carbonyl (C=O) groups excluding carboxylic acids is 1. The van der Waals surface area contributed by atoms with Gasteiger partial charge in [-0.2, -0.15) is 26.3 Å². The molecule has 40 heavy (non-hydrogen) atoms. The number of rotatable bonds is 7. The molecule has 1 aromatic heterocycles. The predicted molar refractivity (Wildman–Crippen MR) is 125 cm³/mol. The van der Waals surface area contributed by atoms with Gasteiger partial charge < -0.3 is 15.0 Å². The van der Waals surface area contributed by atoms with Gasteiger partial charge in [-0.05, 0) is 36.6 Å². The van der Waals surface area contributed by atoms with Crippen LogP contribution in [0.2, 0.25) is 5.02 Å². The number of nitrogens with zero attached hydrogens (tertiary/aromatic N) is 1. The summed E-state index contributed by atoms with van der Waals surface area (Å²) in [5, 5.41) is 2.56. The van der Waals surface area contributed by atoms with Gasteiger partial charge in [0.05, 0.1) is 23.8 Å². The van der Waals surface area contributed by atoms with Crippen molar-refractivity contribution in [1.82, 2.24) is 15.3 Å². The molecule has 0 bridgehead atoms. The Morgan fingerprint density at radius 3 is 2.33 bits per heavy atom. The standard InChI is InChI=1S/C25H18ClF8N3O3/c26-17-7-14(27)3-1-12(17)10-40-15-5-13(6-15)23(39)35-9-11-2-4-16(24(29,30)31)20(21(11)28)22-36-18(25(32,33)34)8-19(38)37-22/h1-4,7-8,13,15H,5-6,9-10H2,(H,35,39)(H,36,37,38)/t13-,15-. The highest BCUT2D eigenvalue weighted by Gasteiger charge is 2.39. The van der Waals surface area contributed by atoms with Crippen molar-refractivity contribution < 1.29 is 44.7 Å². The lowest BCUT2D eigenvalue weighted by Crippen LogP contribution is -2.42. The molecule has 3 aromatic rings. The molecule has 4 rings (SSSR count). The summed E-state index contributed by atoms with van der Waals surface area (Å²) in [7, 11) is 0. The monoisotopic (exact) mass is 595 g/mol. The van der Waals surface area contributed by atoms with Gasteiger partial charge in [0.25, 0.3) is 5.56 Å². The second kappa shape index (κ2) is 11.2. The fourth-order valence-electron chi connectivity index (χ4n) is 4.03. The molecule has 1 aliphatic rings. The number of nitrogens with one attached hydrogen (secondary N) is 2. The number of H-pyrrole nitrogens is 1. The molecule has 2 N–H and O–H groups in total. The third-order valence-corrected chi connectivity index (χ3v) is 6.56. The van der Waals surface area contributed by atoms with Gasteiger partial charge in [0.1, 0.15) is 17.5 Å². The number of aromatic nitrogens is 2. The molecular formula is C25H18ClF8N3O3. The van der Waals surface area contributed by atoms with Crippen molar-refractivity contribution in [2.45, 2.75) is 44.4 Å². The van der Waals surface area contributed by atoms with Gasteiger partial charge in [-0.25, -0.2) is 13.8 Å². The van der Waals surface area contributed by atoms with Crippen LogP contribution in [-0.4, -0.2) is 22.0 Å². The van der Waals surface area contributed by atoms with E-state index in [1.165, 1.54) is 12.1 Å². The Morgan fingerprint density at radius 2 is 1.70 bits per heavy atom. The molecule has 214 valence electrons. The summed E-state index contributed by atoms with van der Waals surface area (Å²) in [5.41, 5.74) is -6.23. The van der Waals surface area contributed by atoms with Crippen molar-refractivity contribution in [2.75, 3.05) is 0 Å². The number of halogens is 9. The Balaban J connectivity index is 1.45. The predicted octanol–water partition coefficient (Wildman–Crippen LogP) is 6.02. The van der Waals surface area contributed by atoms with E-state index in [0.717, 1.165) is 12.1 Å². The van der Waals surface area contributed by atoms with Gasteiger partial charge in [0.15, 0.2) is 5.69 Å². The van der Waals surface area contributed by atoms with Crippen molar-refractivity contribution in [1.29, 1.82) is 0 Å². The molecule has 0 unspecified atom stereocenters. The van der Waals surface area contributed by atoms with E-state index in [0.29, 0.717) is 11.6 Å². The third kappa shape index (κ3) is 6.61. The zero-order chi connectivity index (χ0) is 29.4. The molecule has 1 fully saturated rings. The van der Waals surface area contributed by atoms with Gasteiger partial charge in [-0.15, -0.1) is 0 Å². The van der Waals surface area contributed by atoms with Crippen molar-refractivity contribution in [3.8, 4) is 11.4 Å². The third-order valence-electron chi connectivity index (χ3n) is 6.20. The van der Waals surface area contributed by atoms with Crippen LogP contribution in [0.3, 0.4) is 0 Å². The molecule has 0 radical (unpaired) electrons. The van der Waals surface area contributed by atoms with E-state index in [9.17, 15) is 40.3 Å². The first-order chi connectivity index (χ1) is 18.6. The van der Waals surface area contributed by atoms with Crippen molar-refractivity contribution in [3.63, 3.8) is 0 Å². The minimum Gasteiger partial charge on any atom is -0.373 e. The lowest BCUT2D eigenvalue weighted by Gasteiger charge is -2.34. The Bertz CT molecular complexity index is 1480. The van der Waals surface area contributed by atoms with Crippen LogP contribution in [0.1, 0.15) is 35.2 Å². The van der Waals surface area contributed by atoms with Crippen LogP contribution >= 0.6 is 11.6 Å². The number of hydrogen-bond acceptors (Lipinski definition) is 4. The first-order valence-corrected chi connectivity index (χ1v) is 11.9. The molecule has 1 heterocycles. The van der Waals surface area contributed by atoms with Crippen LogP contribution < -0.4 is 10.9 Å². The van der Waals surface area contributed by atoms with E-state index in [1.54, 1.807) is 4.98 Å². The summed E-state index contributed by atoms with van der Waals surface area (Å²) >= 11 is 5.94. The minimum absolute atomic E-state index is 0.0304. The van der Waals surface area contributed by atoms with Crippen molar-refractivity contribution in [2.24, 2.45) is 5.92 Å². The maximum absolute atomic E-state index is 15.3. The molecule has 1 saturated carbocycles. The summed E-state index contributed by atoms with van der Waals surface area (Å²) in [6.45, 7) is -0.518. The summed E-state index contributed by atoms with van der Waals surface area (Å²) in [5.74, 6) is -4.48. The zero-order valence-electron chi connectivity index (χ0n) is 20.0. The molecule has 0 saturated heterocycles. The molecule has 6 nitrogen and oxygen atoms in total. The lowest BCUT2D eigenvalue weighted by atomic mass is 9.81. The zero-order valence-corrected chi connectivity index (χ0v) is 20.8. The number of alkyl halides is 6. The van der Waals surface area contributed by atoms with Gasteiger partial charge in [-0.1, -0.05) is 23.7 Å². The minimum atomic E-state index is -5.20. The highest BCUT2D eigenvalue weighted by molar-refractivity contribution is 6.31. The highest BCUT2D eigenvalue weighted by Crippen LogP contribution is 2.39. The summed E-state index contributed by atoms with van der Waals surface area (Å²) in [6, 6.07) is 4.99. The quantitative estimate of drug-likeness (QED) is 0.328. The van der Waals surface area contributed by atoms with E-state index >= 15 is 4.39 Å². The number of aromatic amines is 1. The first kappa shape index (κ1) is 29.5. The second-order valence-corrected chi connectivity index (χ2v) is 9.40. The Kier molecular flexibility index (Phi) is 8.22. The molecular weight excluding hydrogens is 578 g/mol. The van der Waals surface area contributed by atoms with Crippen LogP contribution in [0.4, 0.5) is 35.1 Å². The second-order valence-electron chi connectivity index (χ2n) is 8.99. The summed E-state index contributed by atoms with van der Waals surface area (Å²) < 4.78 is 114. The van der Waals surface area contributed by atoms with E-state index in [1.807, 2.05) is 0 Å². The average Bonchev–Trinajstić information content (AvgIpc) is 2.81. The van der Waals surface area contributed by atoms with E-state index < -0.39 is 76.1 Å². The molecule has 1 aliphatic carbocycles. The van der Waals surface area contributed by atoms with E-state index in [2.05, 4.69) is 10.3 Å². The van der Waals surface area contributed by atoms with Crippen LogP contribution in [0.5, 0.6) is 0 Å². The van der Waals surface area contributed by atoms with Gasteiger partial charge in [0.2, 0.25) is 5.91 Å². The van der Waals surface area contributed by atoms with Crippen LogP contribution in [0.25, 0.3) is 11.4 Å². The summed E-state index contributed by atoms with van der Waals surface area (Å²) in [6.07, 6.45) is -10.2.